The fourth-order valence-corrected chi connectivity index (χ4v) is 3.20. The molecule has 1 aromatic carbocycles. The topological polar surface area (TPSA) is 17.8 Å². The fraction of sp³-hybridized carbons (Fsp3) is 0.588. The van der Waals surface area contributed by atoms with Crippen molar-refractivity contribution in [2.45, 2.75) is 46.5 Å². The Hall–Kier alpha value is -1.09. The number of hydrogen-bond donors (Lipinski definition) is 0. The van der Waals surface area contributed by atoms with Crippen LogP contribution in [0.5, 0.6) is 0 Å². The molecule has 2 rings (SSSR count). The van der Waals surface area contributed by atoms with Crippen molar-refractivity contribution in [1.29, 1.82) is 0 Å². The number of benzene rings is 1. The summed E-state index contributed by atoms with van der Waals surface area (Å²) in [7, 11) is 0. The minimum Gasteiger partial charge on any atom is -0.326 e. The largest absolute Gasteiger partial charge is 0.326 e. The summed E-state index contributed by atoms with van der Waals surface area (Å²) in [6.07, 6.45) is 0. The van der Waals surface area contributed by atoms with Gasteiger partial charge in [-0.05, 0) is 36.8 Å². The maximum absolute atomic E-state index is 14.0. The first-order chi connectivity index (χ1) is 9.82. The molecule has 1 heterocycles. The Bertz CT molecular complexity index is 609. The summed E-state index contributed by atoms with van der Waals surface area (Å²) in [5, 5.41) is -0.239. The first kappa shape index (κ1) is 16.3. The number of fused-ring (bicyclic) bond motifs is 1. The predicted molar refractivity (Wildman–Crippen MR) is 87.1 cm³/mol. The van der Waals surface area contributed by atoms with Gasteiger partial charge in [0.1, 0.15) is 11.3 Å². The number of imidazole rings is 1. The molecule has 1 aromatic heterocycles. The number of hydrogen-bond acceptors (Lipinski definition) is 1. The Kier molecular flexibility index (Phi) is 4.92. The van der Waals surface area contributed by atoms with E-state index in [-0.39, 0.29) is 11.2 Å². The van der Waals surface area contributed by atoms with Gasteiger partial charge in [-0.25, -0.2) is 9.37 Å². The highest BCUT2D eigenvalue weighted by atomic mass is 35.5. The highest BCUT2D eigenvalue weighted by Crippen LogP contribution is 2.30. The molecule has 2 aromatic rings. The Morgan fingerprint density at radius 2 is 1.76 bits per heavy atom. The molecule has 0 saturated carbocycles. The van der Waals surface area contributed by atoms with E-state index in [4.69, 9.17) is 11.6 Å². The smallest absolute Gasteiger partial charge is 0.151 e. The summed E-state index contributed by atoms with van der Waals surface area (Å²) in [5.74, 6) is 2.07. The van der Waals surface area contributed by atoms with Gasteiger partial charge in [-0.1, -0.05) is 33.8 Å². The standard InChI is InChI=1S/C17H24ClFN2/c1-10(2)13(11(3)4)9-21-15-8-6-7-14(19)16(15)20-17(21)12(5)18/h6-8,10-13H,9H2,1-5H3. The lowest BCUT2D eigenvalue weighted by molar-refractivity contribution is 0.252. The van der Waals surface area contributed by atoms with Crippen molar-refractivity contribution in [2.75, 3.05) is 0 Å². The molecule has 21 heavy (non-hydrogen) atoms. The first-order valence-electron chi connectivity index (χ1n) is 7.61. The molecule has 0 aliphatic rings. The zero-order valence-electron chi connectivity index (χ0n) is 13.4. The van der Waals surface area contributed by atoms with Gasteiger partial charge in [-0.2, -0.15) is 0 Å². The van der Waals surface area contributed by atoms with Crippen molar-refractivity contribution >= 4 is 22.6 Å². The minimum absolute atomic E-state index is 0.239. The molecule has 0 N–H and O–H groups in total. The van der Waals surface area contributed by atoms with Crippen LogP contribution in [0.3, 0.4) is 0 Å². The van der Waals surface area contributed by atoms with Crippen molar-refractivity contribution in [2.24, 2.45) is 17.8 Å². The van der Waals surface area contributed by atoms with Crippen molar-refractivity contribution in [3.63, 3.8) is 0 Å². The van der Waals surface area contributed by atoms with E-state index in [0.29, 0.717) is 23.3 Å². The zero-order chi connectivity index (χ0) is 15.7. The molecule has 1 unspecified atom stereocenters. The van der Waals surface area contributed by atoms with Crippen LogP contribution in [0.1, 0.15) is 45.8 Å². The van der Waals surface area contributed by atoms with Gasteiger partial charge in [0, 0.05) is 6.54 Å². The number of alkyl halides is 1. The highest BCUT2D eigenvalue weighted by molar-refractivity contribution is 6.20. The second-order valence-corrected chi connectivity index (χ2v) is 7.11. The van der Waals surface area contributed by atoms with Crippen LogP contribution in [-0.4, -0.2) is 9.55 Å². The molecule has 4 heteroatoms. The van der Waals surface area contributed by atoms with Gasteiger partial charge in [0.15, 0.2) is 5.82 Å². The first-order valence-corrected chi connectivity index (χ1v) is 8.05. The van der Waals surface area contributed by atoms with Gasteiger partial charge < -0.3 is 4.57 Å². The van der Waals surface area contributed by atoms with E-state index >= 15 is 0 Å². The third-order valence-electron chi connectivity index (χ3n) is 4.22. The molecule has 0 radical (unpaired) electrons. The monoisotopic (exact) mass is 310 g/mol. The van der Waals surface area contributed by atoms with Crippen LogP contribution in [-0.2, 0) is 6.54 Å². The summed E-state index contributed by atoms with van der Waals surface area (Å²) in [4.78, 5) is 4.44. The molecular weight excluding hydrogens is 287 g/mol. The van der Waals surface area contributed by atoms with E-state index in [0.717, 1.165) is 17.9 Å². The highest BCUT2D eigenvalue weighted by Gasteiger charge is 2.23. The van der Waals surface area contributed by atoms with Crippen LogP contribution < -0.4 is 0 Å². The Balaban J connectivity index is 2.55. The van der Waals surface area contributed by atoms with Crippen LogP contribution in [0, 0.1) is 23.6 Å². The Labute approximate surface area is 131 Å². The lowest BCUT2D eigenvalue weighted by Crippen LogP contribution is -2.23. The molecule has 0 spiro atoms. The number of halogens is 2. The van der Waals surface area contributed by atoms with Crippen molar-refractivity contribution in [1.82, 2.24) is 9.55 Å². The molecule has 0 aliphatic heterocycles. The molecule has 0 bridgehead atoms. The number of nitrogens with zero attached hydrogens (tertiary/aromatic N) is 2. The molecule has 0 amide bonds. The number of para-hydroxylation sites is 1. The van der Waals surface area contributed by atoms with E-state index in [1.54, 1.807) is 6.07 Å². The maximum Gasteiger partial charge on any atom is 0.151 e. The molecule has 0 fully saturated rings. The minimum atomic E-state index is -0.282. The Morgan fingerprint density at radius 1 is 1.14 bits per heavy atom. The van der Waals surface area contributed by atoms with Gasteiger partial charge in [0.25, 0.3) is 0 Å². The summed E-state index contributed by atoms with van der Waals surface area (Å²) in [5.41, 5.74) is 1.26. The fourth-order valence-electron chi connectivity index (χ4n) is 3.03. The lowest BCUT2D eigenvalue weighted by atomic mass is 9.85. The average molecular weight is 311 g/mol. The van der Waals surface area contributed by atoms with Gasteiger partial charge in [-0.3, -0.25) is 0 Å². The SMILES string of the molecule is CC(Cl)c1nc2c(F)cccc2n1CC(C(C)C)C(C)C. The zero-order valence-corrected chi connectivity index (χ0v) is 14.2. The van der Waals surface area contributed by atoms with E-state index in [2.05, 4.69) is 37.2 Å². The van der Waals surface area contributed by atoms with Crippen molar-refractivity contribution < 1.29 is 4.39 Å². The van der Waals surface area contributed by atoms with E-state index < -0.39 is 0 Å². The molecule has 1 atom stereocenters. The van der Waals surface area contributed by atoms with Gasteiger partial charge in [0.05, 0.1) is 10.9 Å². The normalized spacial score (nSPS) is 13.8. The average Bonchev–Trinajstić information content (AvgIpc) is 2.75. The van der Waals surface area contributed by atoms with Crippen LogP contribution in [0.15, 0.2) is 18.2 Å². The Morgan fingerprint density at radius 3 is 2.29 bits per heavy atom. The van der Waals surface area contributed by atoms with Crippen molar-refractivity contribution in [3.05, 3.63) is 29.8 Å². The van der Waals surface area contributed by atoms with E-state index in [1.165, 1.54) is 6.07 Å². The predicted octanol–water partition coefficient (Wildman–Crippen LogP) is 5.40. The van der Waals surface area contributed by atoms with E-state index in [1.807, 2.05) is 13.0 Å². The maximum atomic E-state index is 14.0. The van der Waals surface area contributed by atoms with Gasteiger partial charge >= 0.3 is 0 Å². The number of rotatable bonds is 5. The summed E-state index contributed by atoms with van der Waals surface area (Å²) in [6, 6.07) is 5.11. The molecule has 2 nitrogen and oxygen atoms in total. The summed E-state index contributed by atoms with van der Waals surface area (Å²) >= 11 is 6.27. The molecule has 0 saturated heterocycles. The number of aromatic nitrogens is 2. The second kappa shape index (κ2) is 6.35. The lowest BCUT2D eigenvalue weighted by Gasteiger charge is -2.26. The third kappa shape index (κ3) is 3.23. The van der Waals surface area contributed by atoms with Gasteiger partial charge in [0.2, 0.25) is 0 Å². The van der Waals surface area contributed by atoms with Crippen LogP contribution in [0.25, 0.3) is 11.0 Å². The molecular formula is C17H24ClFN2. The van der Waals surface area contributed by atoms with Crippen LogP contribution in [0.4, 0.5) is 4.39 Å². The molecule has 116 valence electrons. The third-order valence-corrected chi connectivity index (χ3v) is 4.42. The van der Waals surface area contributed by atoms with Gasteiger partial charge in [-0.15, -0.1) is 11.6 Å². The second-order valence-electron chi connectivity index (χ2n) is 6.46. The van der Waals surface area contributed by atoms with Crippen molar-refractivity contribution in [3.8, 4) is 0 Å². The summed E-state index contributed by atoms with van der Waals surface area (Å²) in [6.45, 7) is 11.6. The van der Waals surface area contributed by atoms with E-state index in [9.17, 15) is 4.39 Å². The van der Waals surface area contributed by atoms with Crippen LogP contribution in [0.2, 0.25) is 0 Å². The summed E-state index contributed by atoms with van der Waals surface area (Å²) < 4.78 is 16.1. The van der Waals surface area contributed by atoms with Crippen LogP contribution >= 0.6 is 11.6 Å². The molecule has 0 aliphatic carbocycles. The quantitative estimate of drug-likeness (QED) is 0.676.